The quantitative estimate of drug-likeness (QED) is 0.429. The van der Waals surface area contributed by atoms with Gasteiger partial charge in [-0.15, -0.1) is 11.8 Å². The van der Waals surface area contributed by atoms with Gasteiger partial charge in [0.2, 0.25) is 5.91 Å². The summed E-state index contributed by atoms with van der Waals surface area (Å²) in [7, 11) is 0. The number of hydrazone groups is 1. The fourth-order valence-electron chi connectivity index (χ4n) is 1.78. The highest BCUT2D eigenvalue weighted by Crippen LogP contribution is 2.19. The van der Waals surface area contributed by atoms with E-state index in [1.165, 1.54) is 0 Å². The molecule has 0 radical (unpaired) electrons. The number of benzene rings is 1. The first-order valence-corrected chi connectivity index (χ1v) is 8.58. The molecular weight excluding hydrogens is 354 g/mol. The number of nitrogens with zero attached hydrogens (tertiary/aromatic N) is 1. The highest BCUT2D eigenvalue weighted by Gasteiger charge is 2.20. The molecule has 0 spiro atoms. The maximum absolute atomic E-state index is 11.7. The molecule has 1 aromatic carbocycles. The molecule has 2 amide bonds. The Labute approximate surface area is 148 Å². The molecule has 1 aliphatic rings. The second kappa shape index (κ2) is 9.29. The highest BCUT2D eigenvalue weighted by molar-refractivity contribution is 7.99. The number of ether oxygens (including phenoxy) is 1. The number of nitrogens with one attached hydrogen (secondary N) is 2. The zero-order valence-corrected chi connectivity index (χ0v) is 14.3. The van der Waals surface area contributed by atoms with Gasteiger partial charge in [-0.2, -0.15) is 5.10 Å². The lowest BCUT2D eigenvalue weighted by atomic mass is 10.2. The van der Waals surface area contributed by atoms with Crippen LogP contribution in [0.4, 0.5) is 0 Å². The summed E-state index contributed by atoms with van der Waals surface area (Å²) in [5, 5.41) is 6.94. The largest absolute Gasteiger partial charge is 0.451 e. The fourth-order valence-corrected chi connectivity index (χ4v) is 2.67. The molecule has 0 bridgehead atoms. The van der Waals surface area contributed by atoms with Crippen LogP contribution in [0.2, 0.25) is 5.02 Å². The number of carbonyl (C=O) groups excluding carboxylic acids is 3. The number of thioether (sulfide) groups is 1. The topological polar surface area (TPSA) is 96.9 Å². The monoisotopic (exact) mass is 369 g/mol. The van der Waals surface area contributed by atoms with E-state index in [1.54, 1.807) is 23.9 Å². The van der Waals surface area contributed by atoms with Gasteiger partial charge in [-0.1, -0.05) is 11.6 Å². The van der Waals surface area contributed by atoms with Gasteiger partial charge in [-0.25, -0.2) is 10.2 Å². The van der Waals surface area contributed by atoms with Crippen molar-refractivity contribution in [2.24, 2.45) is 5.10 Å². The van der Waals surface area contributed by atoms with Crippen LogP contribution >= 0.6 is 23.4 Å². The van der Waals surface area contributed by atoms with Crippen LogP contribution in [-0.2, 0) is 19.1 Å². The van der Waals surface area contributed by atoms with Crippen LogP contribution in [0.1, 0.15) is 12.8 Å². The normalized spacial score (nSPS) is 13.7. The number of amides is 2. The molecule has 2 N–H and O–H groups in total. The summed E-state index contributed by atoms with van der Waals surface area (Å²) in [5.74, 6) is -0.649. The van der Waals surface area contributed by atoms with E-state index < -0.39 is 5.97 Å². The summed E-state index contributed by atoms with van der Waals surface area (Å²) < 4.78 is 4.85. The van der Waals surface area contributed by atoms with Crippen LogP contribution in [0.15, 0.2) is 34.3 Å². The van der Waals surface area contributed by atoms with Gasteiger partial charge in [0.05, 0.1) is 0 Å². The van der Waals surface area contributed by atoms with Crippen LogP contribution in [0.3, 0.4) is 0 Å². The van der Waals surface area contributed by atoms with Gasteiger partial charge in [0, 0.05) is 35.1 Å². The molecule has 1 heterocycles. The maximum atomic E-state index is 11.7. The molecule has 0 atom stereocenters. The Balaban J connectivity index is 1.60. The van der Waals surface area contributed by atoms with Crippen LogP contribution in [-0.4, -0.2) is 42.4 Å². The second-order valence-electron chi connectivity index (χ2n) is 4.82. The van der Waals surface area contributed by atoms with Crippen LogP contribution in [0.25, 0.3) is 0 Å². The average Bonchev–Trinajstić information content (AvgIpc) is 2.59. The molecule has 1 aromatic rings. The summed E-state index contributed by atoms with van der Waals surface area (Å²) in [5.41, 5.74) is 2.31. The third-order valence-electron chi connectivity index (χ3n) is 2.98. The molecule has 1 aliphatic heterocycles. The molecule has 128 valence electrons. The van der Waals surface area contributed by atoms with Crippen molar-refractivity contribution in [1.29, 1.82) is 0 Å². The minimum absolute atomic E-state index is 0.112. The van der Waals surface area contributed by atoms with Crippen molar-refractivity contribution < 1.29 is 19.1 Å². The summed E-state index contributed by atoms with van der Waals surface area (Å²) >= 11 is 7.38. The van der Waals surface area contributed by atoms with Gasteiger partial charge in [0.1, 0.15) is 5.71 Å². The minimum atomic E-state index is -0.694. The van der Waals surface area contributed by atoms with Crippen molar-refractivity contribution in [2.45, 2.75) is 17.7 Å². The van der Waals surface area contributed by atoms with Crippen molar-refractivity contribution in [2.75, 3.05) is 18.9 Å². The predicted octanol–water partition coefficient (Wildman–Crippen LogP) is 1.36. The molecule has 0 saturated heterocycles. The molecular formula is C15H16ClN3O4S. The molecule has 7 nitrogen and oxygen atoms in total. The first-order chi connectivity index (χ1) is 11.5. The first kappa shape index (κ1) is 18.3. The van der Waals surface area contributed by atoms with E-state index in [2.05, 4.69) is 15.8 Å². The van der Waals surface area contributed by atoms with Crippen LogP contribution < -0.4 is 10.7 Å². The Morgan fingerprint density at radius 2 is 2.04 bits per heavy atom. The van der Waals surface area contributed by atoms with Crippen molar-refractivity contribution in [1.82, 2.24) is 10.7 Å². The van der Waals surface area contributed by atoms with Crippen molar-refractivity contribution in [3.63, 3.8) is 0 Å². The number of halogens is 1. The van der Waals surface area contributed by atoms with Gasteiger partial charge in [0.25, 0.3) is 5.91 Å². The molecule has 9 heteroatoms. The SMILES string of the molecule is O=C(COC(=O)C1=NNC(=O)CC1)NCCSc1ccc(Cl)cc1. The third kappa shape index (κ3) is 6.21. The van der Waals surface area contributed by atoms with Crippen LogP contribution in [0.5, 0.6) is 0 Å². The molecule has 0 fully saturated rings. The first-order valence-electron chi connectivity index (χ1n) is 7.22. The number of hydrogen-bond acceptors (Lipinski definition) is 6. The van der Waals surface area contributed by atoms with E-state index in [0.717, 1.165) is 4.90 Å². The summed E-state index contributed by atoms with van der Waals surface area (Å²) in [6.45, 7) is 0.0676. The van der Waals surface area contributed by atoms with E-state index in [1.807, 2.05) is 12.1 Å². The van der Waals surface area contributed by atoms with Gasteiger partial charge in [-0.3, -0.25) is 9.59 Å². The van der Waals surface area contributed by atoms with E-state index in [0.29, 0.717) is 17.3 Å². The molecule has 0 saturated carbocycles. The van der Waals surface area contributed by atoms with E-state index >= 15 is 0 Å². The highest BCUT2D eigenvalue weighted by atomic mass is 35.5. The maximum Gasteiger partial charge on any atom is 0.355 e. The lowest BCUT2D eigenvalue weighted by Crippen LogP contribution is -2.34. The van der Waals surface area contributed by atoms with E-state index in [4.69, 9.17) is 16.3 Å². The zero-order chi connectivity index (χ0) is 17.4. The Morgan fingerprint density at radius 3 is 2.71 bits per heavy atom. The molecule has 2 rings (SSSR count). The summed E-state index contributed by atoms with van der Waals surface area (Å²) in [6, 6.07) is 7.41. The van der Waals surface area contributed by atoms with Crippen molar-refractivity contribution >= 4 is 46.9 Å². The Bertz CT molecular complexity index is 649. The van der Waals surface area contributed by atoms with Crippen molar-refractivity contribution in [3.8, 4) is 0 Å². The number of rotatable bonds is 7. The van der Waals surface area contributed by atoms with E-state index in [-0.39, 0.29) is 37.0 Å². The molecule has 24 heavy (non-hydrogen) atoms. The average molecular weight is 370 g/mol. The van der Waals surface area contributed by atoms with Gasteiger partial charge in [-0.05, 0) is 24.3 Å². The molecule has 0 aromatic heterocycles. The lowest BCUT2D eigenvalue weighted by molar-refractivity contribution is -0.142. The number of esters is 1. The second-order valence-corrected chi connectivity index (χ2v) is 6.43. The van der Waals surface area contributed by atoms with Crippen LogP contribution in [0, 0.1) is 0 Å². The lowest BCUT2D eigenvalue weighted by Gasteiger charge is -2.11. The molecule has 0 unspecified atom stereocenters. The van der Waals surface area contributed by atoms with Gasteiger partial charge >= 0.3 is 5.97 Å². The minimum Gasteiger partial charge on any atom is -0.451 e. The number of carbonyl (C=O) groups is 3. The number of hydrogen-bond donors (Lipinski definition) is 2. The summed E-state index contributed by atoms with van der Waals surface area (Å²) in [4.78, 5) is 35.2. The Hall–Kier alpha value is -2.06. The van der Waals surface area contributed by atoms with Crippen molar-refractivity contribution in [3.05, 3.63) is 29.3 Å². The standard InChI is InChI=1S/C15H16ClN3O4S/c16-10-1-3-11(4-2-10)24-8-7-17-14(21)9-23-15(22)12-5-6-13(20)19-18-12/h1-4H,5-9H2,(H,17,21)(H,19,20). The Morgan fingerprint density at radius 1 is 1.29 bits per heavy atom. The smallest absolute Gasteiger partial charge is 0.355 e. The Kier molecular flexibility index (Phi) is 7.07. The molecule has 0 aliphatic carbocycles. The summed E-state index contributed by atoms with van der Waals surface area (Å²) in [6.07, 6.45) is 0.395. The van der Waals surface area contributed by atoms with Gasteiger partial charge < -0.3 is 10.1 Å². The fraction of sp³-hybridized carbons (Fsp3) is 0.333. The predicted molar refractivity (Wildman–Crippen MR) is 91.0 cm³/mol. The zero-order valence-electron chi connectivity index (χ0n) is 12.7. The van der Waals surface area contributed by atoms with Gasteiger partial charge in [0.15, 0.2) is 6.61 Å². The van der Waals surface area contributed by atoms with E-state index in [9.17, 15) is 14.4 Å². The third-order valence-corrected chi connectivity index (χ3v) is 4.25.